The van der Waals surface area contributed by atoms with Gasteiger partial charge in [-0.05, 0) is 37.7 Å². The number of rotatable bonds is 5. The van der Waals surface area contributed by atoms with E-state index >= 15 is 0 Å². The van der Waals surface area contributed by atoms with Gasteiger partial charge in [-0.3, -0.25) is 10.1 Å². The van der Waals surface area contributed by atoms with Crippen molar-refractivity contribution in [3.63, 3.8) is 0 Å². The number of nitro benzene ring substituents is 1. The zero-order valence-corrected chi connectivity index (χ0v) is 11.3. The van der Waals surface area contributed by atoms with Gasteiger partial charge in [0, 0.05) is 17.0 Å². The maximum Gasteiger partial charge on any atom is 0.272 e. The summed E-state index contributed by atoms with van der Waals surface area (Å²) in [6, 6.07) is 4.89. The minimum absolute atomic E-state index is 0.134. The molecule has 1 aliphatic rings. The first-order chi connectivity index (χ1) is 8.56. The molecule has 0 aliphatic heterocycles. The minimum atomic E-state index is -0.375. The second kappa shape index (κ2) is 5.18. The molecule has 1 aliphatic carbocycles. The molecule has 0 N–H and O–H groups in total. The smallest absolute Gasteiger partial charge is 0.272 e. The van der Waals surface area contributed by atoms with Crippen LogP contribution in [0.4, 0.5) is 5.69 Å². The van der Waals surface area contributed by atoms with Gasteiger partial charge in [0.15, 0.2) is 0 Å². The van der Waals surface area contributed by atoms with E-state index in [4.69, 9.17) is 4.74 Å². The summed E-state index contributed by atoms with van der Waals surface area (Å²) >= 11 is 4.37. The molecule has 0 amide bonds. The summed E-state index contributed by atoms with van der Waals surface area (Å²) in [5.41, 5.74) is 0.972. The molecule has 1 aromatic rings. The van der Waals surface area contributed by atoms with Crippen molar-refractivity contribution < 1.29 is 9.66 Å². The third kappa shape index (κ3) is 2.61. The van der Waals surface area contributed by atoms with E-state index in [1.165, 1.54) is 12.5 Å². The van der Waals surface area contributed by atoms with E-state index in [2.05, 4.69) is 12.6 Å². The largest absolute Gasteiger partial charge is 0.493 e. The van der Waals surface area contributed by atoms with Crippen LogP contribution in [0.3, 0.4) is 0 Å². The molecule has 98 valence electrons. The number of hydrogen-bond acceptors (Lipinski definition) is 4. The highest BCUT2D eigenvalue weighted by atomic mass is 32.1. The molecule has 0 spiro atoms. The Morgan fingerprint density at radius 3 is 2.67 bits per heavy atom. The van der Waals surface area contributed by atoms with Gasteiger partial charge in [0.2, 0.25) is 0 Å². The van der Waals surface area contributed by atoms with Crippen LogP contribution in [0.2, 0.25) is 0 Å². The van der Waals surface area contributed by atoms with Crippen LogP contribution in [0.5, 0.6) is 5.75 Å². The molecule has 0 bridgehead atoms. The molecule has 0 saturated heterocycles. The van der Waals surface area contributed by atoms with Crippen LogP contribution in [0.25, 0.3) is 0 Å². The molecular weight excluding hydrogens is 250 g/mol. The predicted octanol–water partition coefficient (Wildman–Crippen LogP) is 3.38. The number of ether oxygens (including phenoxy) is 1. The molecule has 0 radical (unpaired) electrons. The van der Waals surface area contributed by atoms with Gasteiger partial charge in [-0.1, -0.05) is 6.42 Å². The van der Waals surface area contributed by atoms with Crippen LogP contribution in [0.15, 0.2) is 18.2 Å². The molecule has 1 fully saturated rings. The number of benzene rings is 1. The van der Waals surface area contributed by atoms with E-state index in [1.54, 1.807) is 19.1 Å². The molecule has 4 nitrogen and oxygen atoms in total. The number of thiol groups is 1. The Morgan fingerprint density at radius 1 is 1.50 bits per heavy atom. The van der Waals surface area contributed by atoms with Crippen molar-refractivity contribution in [2.45, 2.75) is 26.2 Å². The van der Waals surface area contributed by atoms with Gasteiger partial charge >= 0.3 is 0 Å². The van der Waals surface area contributed by atoms with E-state index < -0.39 is 0 Å². The Balaban J connectivity index is 2.02. The maximum atomic E-state index is 10.7. The fraction of sp³-hybridized carbons (Fsp3) is 0.538. The molecule has 0 unspecified atom stereocenters. The molecular formula is C13H17NO3S. The van der Waals surface area contributed by atoms with E-state index in [1.807, 2.05) is 0 Å². The van der Waals surface area contributed by atoms with Crippen molar-refractivity contribution in [2.75, 3.05) is 12.4 Å². The van der Waals surface area contributed by atoms with Gasteiger partial charge in [0.05, 0.1) is 11.5 Å². The Labute approximate surface area is 112 Å². The Kier molecular flexibility index (Phi) is 3.80. The zero-order chi connectivity index (χ0) is 13.2. The fourth-order valence-corrected chi connectivity index (χ4v) is 2.59. The van der Waals surface area contributed by atoms with Crippen LogP contribution in [0, 0.1) is 22.5 Å². The van der Waals surface area contributed by atoms with E-state index in [9.17, 15) is 10.1 Å². The van der Waals surface area contributed by atoms with E-state index in [0.717, 1.165) is 18.6 Å². The third-order valence-electron chi connectivity index (χ3n) is 3.66. The maximum absolute atomic E-state index is 10.7. The number of hydrogen-bond donors (Lipinski definition) is 1. The molecule has 5 heteroatoms. The first-order valence-electron chi connectivity index (χ1n) is 6.05. The lowest BCUT2D eigenvalue weighted by molar-refractivity contribution is -0.385. The molecule has 1 saturated carbocycles. The second-order valence-corrected chi connectivity index (χ2v) is 5.32. The normalized spacial score (nSPS) is 17.0. The first kappa shape index (κ1) is 13.2. The third-order valence-corrected chi connectivity index (χ3v) is 4.33. The van der Waals surface area contributed by atoms with Crippen molar-refractivity contribution >= 4 is 18.3 Å². The first-order valence-corrected chi connectivity index (χ1v) is 6.68. The summed E-state index contributed by atoms with van der Waals surface area (Å²) < 4.78 is 5.75. The molecule has 0 heterocycles. The van der Waals surface area contributed by atoms with Crippen molar-refractivity contribution in [1.82, 2.24) is 0 Å². The molecule has 1 aromatic carbocycles. The van der Waals surface area contributed by atoms with Gasteiger partial charge < -0.3 is 4.74 Å². The van der Waals surface area contributed by atoms with Crippen LogP contribution in [-0.4, -0.2) is 17.3 Å². The second-order valence-electron chi connectivity index (χ2n) is 5.01. The summed E-state index contributed by atoms with van der Waals surface area (Å²) in [5.74, 6) is 1.53. The van der Waals surface area contributed by atoms with Crippen LogP contribution >= 0.6 is 12.6 Å². The highest BCUT2D eigenvalue weighted by molar-refractivity contribution is 7.80. The molecule has 0 aromatic heterocycles. The molecule has 0 atom stereocenters. The Hall–Kier alpha value is -1.23. The lowest BCUT2D eigenvalue weighted by Gasteiger charge is -2.40. The topological polar surface area (TPSA) is 52.4 Å². The highest BCUT2D eigenvalue weighted by Gasteiger charge is 2.36. The van der Waals surface area contributed by atoms with Crippen LogP contribution in [0.1, 0.15) is 24.8 Å². The van der Waals surface area contributed by atoms with Gasteiger partial charge in [0.1, 0.15) is 5.75 Å². The molecule has 18 heavy (non-hydrogen) atoms. The number of aryl methyl sites for hydroxylation is 1. The lowest BCUT2D eigenvalue weighted by atomic mass is 9.71. The number of nitro groups is 1. The van der Waals surface area contributed by atoms with Crippen LogP contribution < -0.4 is 4.74 Å². The van der Waals surface area contributed by atoms with Crippen molar-refractivity contribution in [3.05, 3.63) is 33.9 Å². The summed E-state index contributed by atoms with van der Waals surface area (Å²) in [6.07, 6.45) is 3.55. The van der Waals surface area contributed by atoms with Gasteiger partial charge in [0.25, 0.3) is 5.69 Å². The Bertz CT molecular complexity index is 452. The summed E-state index contributed by atoms with van der Waals surface area (Å²) in [7, 11) is 0. The predicted molar refractivity (Wildman–Crippen MR) is 73.5 cm³/mol. The van der Waals surface area contributed by atoms with Crippen molar-refractivity contribution in [2.24, 2.45) is 5.41 Å². The quantitative estimate of drug-likeness (QED) is 0.505. The van der Waals surface area contributed by atoms with Gasteiger partial charge in [-0.25, -0.2) is 0 Å². The van der Waals surface area contributed by atoms with E-state index in [0.29, 0.717) is 17.9 Å². The summed E-state index contributed by atoms with van der Waals surface area (Å²) in [4.78, 5) is 10.3. The number of nitrogens with zero attached hydrogens (tertiary/aromatic N) is 1. The zero-order valence-electron chi connectivity index (χ0n) is 10.4. The highest BCUT2D eigenvalue weighted by Crippen LogP contribution is 2.42. The molecule has 2 rings (SSSR count). The van der Waals surface area contributed by atoms with Gasteiger partial charge in [-0.2, -0.15) is 12.6 Å². The van der Waals surface area contributed by atoms with Crippen molar-refractivity contribution in [3.8, 4) is 5.75 Å². The Morgan fingerprint density at radius 2 is 2.22 bits per heavy atom. The standard InChI is InChI=1S/C13H17NO3S/c1-10-7-11(3-4-12(10)14(15)16)17-8-13(9-18)5-2-6-13/h3-4,7,18H,2,5-6,8-9H2,1H3. The minimum Gasteiger partial charge on any atom is -0.493 e. The lowest BCUT2D eigenvalue weighted by Crippen LogP contribution is -2.37. The van der Waals surface area contributed by atoms with E-state index in [-0.39, 0.29) is 16.0 Å². The summed E-state index contributed by atoms with van der Waals surface area (Å²) in [6.45, 7) is 2.37. The fourth-order valence-electron chi connectivity index (χ4n) is 2.18. The summed E-state index contributed by atoms with van der Waals surface area (Å²) in [5, 5.41) is 10.7. The monoisotopic (exact) mass is 267 g/mol. The average molecular weight is 267 g/mol. The van der Waals surface area contributed by atoms with Crippen molar-refractivity contribution in [1.29, 1.82) is 0 Å². The van der Waals surface area contributed by atoms with Gasteiger partial charge in [-0.15, -0.1) is 0 Å². The SMILES string of the molecule is Cc1cc(OCC2(CS)CCC2)ccc1[N+](=O)[O-]. The van der Waals surface area contributed by atoms with Crippen LogP contribution in [-0.2, 0) is 0 Å². The average Bonchev–Trinajstić information content (AvgIpc) is 2.27.